The first-order chi connectivity index (χ1) is 8.35. The van der Waals surface area contributed by atoms with Gasteiger partial charge in [0.05, 0.1) is 6.04 Å². The van der Waals surface area contributed by atoms with Crippen molar-refractivity contribution in [2.75, 3.05) is 11.5 Å². The van der Waals surface area contributed by atoms with Crippen molar-refractivity contribution in [2.45, 2.75) is 38.8 Å². The maximum absolute atomic E-state index is 5.70. The highest BCUT2D eigenvalue weighted by Crippen LogP contribution is 2.30. The summed E-state index contributed by atoms with van der Waals surface area (Å²) in [7, 11) is 0. The van der Waals surface area contributed by atoms with Crippen LogP contribution in [0.2, 0.25) is 0 Å². The third-order valence-electron chi connectivity index (χ3n) is 3.51. The van der Waals surface area contributed by atoms with Crippen molar-refractivity contribution < 1.29 is 0 Å². The number of hydrogen-bond donors (Lipinski definition) is 2. The van der Waals surface area contributed by atoms with Gasteiger partial charge in [0.15, 0.2) is 0 Å². The van der Waals surface area contributed by atoms with E-state index in [1.54, 1.807) is 0 Å². The first-order valence-corrected chi connectivity index (χ1v) is 7.55. The van der Waals surface area contributed by atoms with E-state index in [1.165, 1.54) is 24.3 Å². The number of hydrazine groups is 1. The Balaban J connectivity index is 2.00. The predicted octanol–water partition coefficient (Wildman–Crippen LogP) is 1.94. The van der Waals surface area contributed by atoms with Crippen LogP contribution in [0, 0.1) is 5.92 Å². The van der Waals surface area contributed by atoms with Gasteiger partial charge in [0.2, 0.25) is 0 Å². The molecule has 0 aromatic carbocycles. The third-order valence-corrected chi connectivity index (χ3v) is 4.56. The van der Waals surface area contributed by atoms with E-state index in [0.29, 0.717) is 0 Å². The van der Waals surface area contributed by atoms with Crippen molar-refractivity contribution in [2.24, 2.45) is 11.8 Å². The van der Waals surface area contributed by atoms with Crippen LogP contribution in [0.5, 0.6) is 0 Å². The van der Waals surface area contributed by atoms with Crippen molar-refractivity contribution in [3.05, 3.63) is 18.2 Å². The molecule has 1 atom stereocenters. The maximum atomic E-state index is 5.70. The number of nitrogens with one attached hydrogen (secondary N) is 1. The highest BCUT2D eigenvalue weighted by molar-refractivity contribution is 7.99. The molecule has 0 radical (unpaired) electrons. The molecule has 0 aliphatic carbocycles. The van der Waals surface area contributed by atoms with Crippen LogP contribution in [0.4, 0.5) is 0 Å². The molecule has 2 rings (SSSR count). The standard InChI is InChI=1S/C12H22N4S/c1-2-16-6-5-14-12(16)11(15-13)9-10-3-7-17-8-4-10/h5-6,10-11,15H,2-4,7-9,13H2,1H3. The normalized spacial score (nSPS) is 19.4. The first-order valence-electron chi connectivity index (χ1n) is 6.40. The molecule has 1 aromatic heterocycles. The van der Waals surface area contributed by atoms with Crippen molar-refractivity contribution in [3.63, 3.8) is 0 Å². The largest absolute Gasteiger partial charge is 0.334 e. The van der Waals surface area contributed by atoms with Gasteiger partial charge in [-0.25, -0.2) is 10.4 Å². The van der Waals surface area contributed by atoms with Gasteiger partial charge in [-0.15, -0.1) is 0 Å². The lowest BCUT2D eigenvalue weighted by molar-refractivity contribution is 0.357. The molecule has 0 saturated carbocycles. The van der Waals surface area contributed by atoms with E-state index in [9.17, 15) is 0 Å². The summed E-state index contributed by atoms with van der Waals surface area (Å²) in [5.74, 6) is 10.2. The maximum Gasteiger partial charge on any atom is 0.127 e. The van der Waals surface area contributed by atoms with Crippen molar-refractivity contribution in [3.8, 4) is 0 Å². The Hall–Kier alpha value is -0.520. The van der Waals surface area contributed by atoms with Gasteiger partial charge in [0.25, 0.3) is 0 Å². The number of aryl methyl sites for hydroxylation is 1. The molecule has 1 aliphatic rings. The van der Waals surface area contributed by atoms with Crippen LogP contribution in [-0.4, -0.2) is 21.1 Å². The predicted molar refractivity (Wildman–Crippen MR) is 72.6 cm³/mol. The molecule has 1 aliphatic heterocycles. The van der Waals surface area contributed by atoms with Crippen molar-refractivity contribution in [1.82, 2.24) is 15.0 Å². The van der Waals surface area contributed by atoms with Crippen LogP contribution >= 0.6 is 11.8 Å². The van der Waals surface area contributed by atoms with E-state index in [2.05, 4.69) is 33.7 Å². The molecule has 0 bridgehead atoms. The molecule has 0 spiro atoms. The fraction of sp³-hybridized carbons (Fsp3) is 0.750. The minimum absolute atomic E-state index is 0.193. The summed E-state index contributed by atoms with van der Waals surface area (Å²) in [5.41, 5.74) is 2.94. The quantitative estimate of drug-likeness (QED) is 0.623. The van der Waals surface area contributed by atoms with Crippen molar-refractivity contribution in [1.29, 1.82) is 0 Å². The zero-order valence-electron chi connectivity index (χ0n) is 10.4. The highest BCUT2D eigenvalue weighted by atomic mass is 32.2. The number of rotatable bonds is 5. The number of hydrogen-bond acceptors (Lipinski definition) is 4. The van der Waals surface area contributed by atoms with Crippen molar-refractivity contribution >= 4 is 11.8 Å². The first kappa shape index (κ1) is 12.9. The summed E-state index contributed by atoms with van der Waals surface area (Å²) < 4.78 is 2.17. The minimum Gasteiger partial charge on any atom is -0.334 e. The molecule has 1 fully saturated rings. The average molecular weight is 254 g/mol. The fourth-order valence-electron chi connectivity index (χ4n) is 2.46. The van der Waals surface area contributed by atoms with Crippen LogP contribution in [0.25, 0.3) is 0 Å². The lowest BCUT2D eigenvalue weighted by atomic mass is 9.94. The fourth-order valence-corrected chi connectivity index (χ4v) is 3.67. The van der Waals surface area contributed by atoms with E-state index < -0.39 is 0 Å². The molecule has 17 heavy (non-hydrogen) atoms. The zero-order valence-corrected chi connectivity index (χ0v) is 11.2. The van der Waals surface area contributed by atoms with Crippen LogP contribution in [0.3, 0.4) is 0 Å². The number of imidazole rings is 1. The van der Waals surface area contributed by atoms with E-state index in [4.69, 9.17) is 5.84 Å². The number of nitrogens with zero attached hydrogens (tertiary/aromatic N) is 2. The summed E-state index contributed by atoms with van der Waals surface area (Å²) in [6.45, 7) is 3.09. The van der Waals surface area contributed by atoms with Gasteiger partial charge in [0, 0.05) is 18.9 Å². The van der Waals surface area contributed by atoms with E-state index in [0.717, 1.165) is 24.7 Å². The number of aromatic nitrogens is 2. The van der Waals surface area contributed by atoms with E-state index >= 15 is 0 Å². The second kappa shape index (κ2) is 6.42. The number of thioether (sulfide) groups is 1. The Kier molecular flexibility index (Phi) is 4.88. The molecule has 4 nitrogen and oxygen atoms in total. The van der Waals surface area contributed by atoms with Gasteiger partial charge in [-0.1, -0.05) is 0 Å². The molecule has 1 unspecified atom stereocenters. The second-order valence-corrected chi connectivity index (χ2v) is 5.81. The third kappa shape index (κ3) is 3.24. The zero-order chi connectivity index (χ0) is 12.1. The molecule has 96 valence electrons. The Labute approximate surface area is 107 Å². The van der Waals surface area contributed by atoms with E-state index in [1.807, 2.05) is 12.4 Å². The molecule has 1 aromatic rings. The molecular formula is C12H22N4S. The lowest BCUT2D eigenvalue weighted by Gasteiger charge is -2.26. The molecule has 1 saturated heterocycles. The smallest absolute Gasteiger partial charge is 0.127 e. The van der Waals surface area contributed by atoms with Gasteiger partial charge in [-0.3, -0.25) is 5.84 Å². The van der Waals surface area contributed by atoms with Gasteiger partial charge >= 0.3 is 0 Å². The average Bonchev–Trinajstić information content (AvgIpc) is 2.85. The molecule has 5 heteroatoms. The molecule has 3 N–H and O–H groups in total. The molecule has 2 heterocycles. The van der Waals surface area contributed by atoms with Gasteiger partial charge in [-0.05, 0) is 43.6 Å². The minimum atomic E-state index is 0.193. The number of nitrogens with two attached hydrogens (primary N) is 1. The summed E-state index contributed by atoms with van der Waals surface area (Å²) in [4.78, 5) is 4.44. The summed E-state index contributed by atoms with van der Waals surface area (Å²) >= 11 is 2.07. The Morgan fingerprint density at radius 1 is 1.59 bits per heavy atom. The Morgan fingerprint density at radius 3 is 3.00 bits per heavy atom. The molecular weight excluding hydrogens is 232 g/mol. The second-order valence-electron chi connectivity index (χ2n) is 4.58. The van der Waals surface area contributed by atoms with Crippen LogP contribution in [0.1, 0.15) is 38.1 Å². The summed E-state index contributed by atoms with van der Waals surface area (Å²) in [6.07, 6.45) is 7.62. The topological polar surface area (TPSA) is 55.9 Å². The van der Waals surface area contributed by atoms with Gasteiger partial charge in [0.1, 0.15) is 5.82 Å². The van der Waals surface area contributed by atoms with Gasteiger partial charge < -0.3 is 4.57 Å². The lowest BCUT2D eigenvalue weighted by Crippen LogP contribution is -2.32. The Bertz CT molecular complexity index is 333. The van der Waals surface area contributed by atoms with Gasteiger partial charge in [-0.2, -0.15) is 11.8 Å². The van der Waals surface area contributed by atoms with Crippen LogP contribution < -0.4 is 11.3 Å². The Morgan fingerprint density at radius 2 is 2.35 bits per heavy atom. The molecule has 0 amide bonds. The SMILES string of the molecule is CCn1ccnc1C(CC1CCSCC1)NN. The van der Waals surface area contributed by atoms with E-state index in [-0.39, 0.29) is 6.04 Å². The van der Waals surface area contributed by atoms with Crippen LogP contribution in [-0.2, 0) is 6.54 Å². The summed E-state index contributed by atoms with van der Waals surface area (Å²) in [5, 5.41) is 0. The summed E-state index contributed by atoms with van der Waals surface area (Å²) in [6, 6.07) is 0.193. The monoisotopic (exact) mass is 254 g/mol. The van der Waals surface area contributed by atoms with Crippen LogP contribution in [0.15, 0.2) is 12.4 Å². The highest BCUT2D eigenvalue weighted by Gasteiger charge is 2.22.